The molecule has 8 nitrogen and oxygen atoms in total. The Morgan fingerprint density at radius 1 is 1.35 bits per heavy atom. The smallest absolute Gasteiger partial charge is 0.210 e. The van der Waals surface area contributed by atoms with Crippen molar-refractivity contribution in [2.45, 2.75) is 25.8 Å². The van der Waals surface area contributed by atoms with Crippen LogP contribution in [-0.4, -0.2) is 47.9 Å². The molecule has 26 heavy (non-hydrogen) atoms. The molecule has 4 heterocycles. The molecule has 4 rings (SSSR count). The van der Waals surface area contributed by atoms with Crippen molar-refractivity contribution in [1.82, 2.24) is 34.8 Å². The molecule has 0 radical (unpaired) electrons. The van der Waals surface area contributed by atoms with Crippen LogP contribution in [0.5, 0.6) is 0 Å². The molecule has 0 unspecified atom stereocenters. The molecule has 0 aliphatic carbocycles. The topological polar surface area (TPSA) is 84.7 Å². The maximum atomic E-state index is 4.46. The van der Waals surface area contributed by atoms with Crippen molar-refractivity contribution in [1.29, 1.82) is 0 Å². The number of aryl methyl sites for hydroxylation is 1. The SMILES string of the molecule is Cn1cc(CN2CCC[C@H](Cc3cc(Nc4nncs4)ncn3)C2)cn1. The van der Waals surface area contributed by atoms with Gasteiger partial charge in [0.2, 0.25) is 5.13 Å². The van der Waals surface area contributed by atoms with Crippen molar-refractivity contribution in [3.05, 3.63) is 41.6 Å². The number of rotatable bonds is 6. The highest BCUT2D eigenvalue weighted by Crippen LogP contribution is 2.23. The van der Waals surface area contributed by atoms with Gasteiger partial charge in [0.05, 0.1) is 6.20 Å². The summed E-state index contributed by atoms with van der Waals surface area (Å²) in [4.78, 5) is 11.3. The molecule has 1 fully saturated rings. The summed E-state index contributed by atoms with van der Waals surface area (Å²) in [5.41, 5.74) is 4.04. The molecule has 1 saturated heterocycles. The lowest BCUT2D eigenvalue weighted by Gasteiger charge is -2.32. The average molecular weight is 370 g/mol. The number of hydrogen-bond acceptors (Lipinski definition) is 8. The molecule has 3 aromatic rings. The highest BCUT2D eigenvalue weighted by Gasteiger charge is 2.21. The van der Waals surface area contributed by atoms with Gasteiger partial charge in [0.1, 0.15) is 17.7 Å². The summed E-state index contributed by atoms with van der Waals surface area (Å²) in [7, 11) is 1.96. The van der Waals surface area contributed by atoms with Crippen LogP contribution < -0.4 is 5.32 Å². The summed E-state index contributed by atoms with van der Waals surface area (Å²) in [5, 5.41) is 16.0. The van der Waals surface area contributed by atoms with Crippen LogP contribution in [0.4, 0.5) is 10.9 Å². The fraction of sp³-hybridized carbons (Fsp3) is 0.471. The maximum absolute atomic E-state index is 4.46. The fourth-order valence-electron chi connectivity index (χ4n) is 3.48. The van der Waals surface area contributed by atoms with Crippen LogP contribution in [-0.2, 0) is 20.0 Å². The Kier molecular flexibility index (Phi) is 5.16. The Morgan fingerprint density at radius 3 is 3.12 bits per heavy atom. The first-order valence-corrected chi connectivity index (χ1v) is 9.66. The van der Waals surface area contributed by atoms with Crippen LogP contribution in [0.25, 0.3) is 0 Å². The van der Waals surface area contributed by atoms with E-state index in [0.29, 0.717) is 5.92 Å². The number of nitrogens with one attached hydrogen (secondary N) is 1. The Labute approximate surface area is 156 Å². The first-order valence-electron chi connectivity index (χ1n) is 8.78. The van der Waals surface area contributed by atoms with E-state index in [2.05, 4.69) is 41.7 Å². The third-order valence-corrected chi connectivity index (χ3v) is 5.19. The Bertz CT molecular complexity index is 831. The summed E-state index contributed by atoms with van der Waals surface area (Å²) >= 11 is 1.45. The van der Waals surface area contributed by atoms with E-state index < -0.39 is 0 Å². The summed E-state index contributed by atoms with van der Waals surface area (Å²) in [6, 6.07) is 2.02. The third-order valence-electron chi connectivity index (χ3n) is 4.58. The number of hydrogen-bond donors (Lipinski definition) is 1. The Balaban J connectivity index is 1.35. The van der Waals surface area contributed by atoms with Crippen molar-refractivity contribution in [3.63, 3.8) is 0 Å². The molecule has 9 heteroatoms. The fourth-order valence-corrected chi connectivity index (χ4v) is 3.94. The van der Waals surface area contributed by atoms with Gasteiger partial charge in [-0.1, -0.05) is 11.3 Å². The largest absolute Gasteiger partial charge is 0.315 e. The lowest BCUT2D eigenvalue weighted by Crippen LogP contribution is -2.35. The second kappa shape index (κ2) is 7.88. The van der Waals surface area contributed by atoms with Crippen molar-refractivity contribution < 1.29 is 0 Å². The van der Waals surface area contributed by atoms with E-state index in [0.717, 1.165) is 42.7 Å². The van der Waals surface area contributed by atoms with Crippen LogP contribution in [0, 0.1) is 5.92 Å². The number of piperidine rings is 1. The minimum absolute atomic E-state index is 0.615. The van der Waals surface area contributed by atoms with Crippen LogP contribution in [0.2, 0.25) is 0 Å². The molecule has 1 atom stereocenters. The van der Waals surface area contributed by atoms with Gasteiger partial charge in [0, 0.05) is 43.7 Å². The second-order valence-electron chi connectivity index (χ2n) is 6.73. The first-order chi connectivity index (χ1) is 12.7. The molecule has 1 N–H and O–H groups in total. The lowest BCUT2D eigenvalue weighted by atomic mass is 9.93. The molecule has 0 bridgehead atoms. The van der Waals surface area contributed by atoms with E-state index in [1.165, 1.54) is 29.7 Å². The van der Waals surface area contributed by atoms with Crippen LogP contribution >= 0.6 is 11.3 Å². The maximum Gasteiger partial charge on any atom is 0.210 e. The van der Waals surface area contributed by atoms with Gasteiger partial charge in [-0.15, -0.1) is 10.2 Å². The van der Waals surface area contributed by atoms with Crippen molar-refractivity contribution in [2.75, 3.05) is 18.4 Å². The number of nitrogens with zero attached hydrogens (tertiary/aromatic N) is 7. The summed E-state index contributed by atoms with van der Waals surface area (Å²) in [6.07, 6.45) is 9.11. The van der Waals surface area contributed by atoms with Crippen molar-refractivity contribution in [2.24, 2.45) is 13.0 Å². The molecule has 0 amide bonds. The van der Waals surface area contributed by atoms with Gasteiger partial charge in [0.15, 0.2) is 0 Å². The van der Waals surface area contributed by atoms with E-state index in [9.17, 15) is 0 Å². The zero-order chi connectivity index (χ0) is 17.8. The predicted octanol–water partition coefficient (Wildman–Crippen LogP) is 2.26. The van der Waals surface area contributed by atoms with Gasteiger partial charge in [-0.05, 0) is 31.7 Å². The second-order valence-corrected chi connectivity index (χ2v) is 7.57. The Morgan fingerprint density at radius 2 is 2.31 bits per heavy atom. The molecule has 0 aromatic carbocycles. The summed E-state index contributed by atoms with van der Waals surface area (Å²) < 4.78 is 1.87. The van der Waals surface area contributed by atoms with Gasteiger partial charge < -0.3 is 5.32 Å². The molecule has 1 aliphatic heterocycles. The van der Waals surface area contributed by atoms with Gasteiger partial charge in [-0.25, -0.2) is 9.97 Å². The molecular formula is C17H22N8S. The van der Waals surface area contributed by atoms with Crippen LogP contribution in [0.15, 0.2) is 30.3 Å². The molecule has 0 spiro atoms. The minimum atomic E-state index is 0.615. The zero-order valence-electron chi connectivity index (χ0n) is 14.7. The quantitative estimate of drug-likeness (QED) is 0.712. The van der Waals surface area contributed by atoms with E-state index >= 15 is 0 Å². The van der Waals surface area contributed by atoms with Crippen molar-refractivity contribution >= 4 is 22.3 Å². The molecule has 3 aromatic heterocycles. The lowest BCUT2D eigenvalue weighted by molar-refractivity contribution is 0.166. The standard InChI is InChI=1S/C17H22N8S/c1-24-8-14(7-21-24)10-25-4-2-3-13(9-25)5-15-6-16(19-11-18-15)22-17-23-20-12-26-17/h6-8,11-13H,2-5,9-10H2,1H3,(H,18,19,22,23)/t13-/m1/s1. The van der Waals surface area contributed by atoms with E-state index in [4.69, 9.17) is 0 Å². The predicted molar refractivity (Wildman–Crippen MR) is 100 cm³/mol. The third kappa shape index (κ3) is 4.41. The van der Waals surface area contributed by atoms with Gasteiger partial charge in [-0.3, -0.25) is 9.58 Å². The van der Waals surface area contributed by atoms with Crippen molar-refractivity contribution in [3.8, 4) is 0 Å². The summed E-state index contributed by atoms with van der Waals surface area (Å²) in [6.45, 7) is 3.22. The van der Waals surface area contributed by atoms with Gasteiger partial charge in [-0.2, -0.15) is 5.10 Å². The number of anilines is 2. The van der Waals surface area contributed by atoms with Crippen LogP contribution in [0.1, 0.15) is 24.1 Å². The number of aromatic nitrogens is 6. The van der Waals surface area contributed by atoms with E-state index in [1.54, 1.807) is 11.8 Å². The van der Waals surface area contributed by atoms with Crippen LogP contribution in [0.3, 0.4) is 0 Å². The molecular weight excluding hydrogens is 348 g/mol. The van der Waals surface area contributed by atoms with Gasteiger partial charge in [0.25, 0.3) is 0 Å². The van der Waals surface area contributed by atoms with Gasteiger partial charge >= 0.3 is 0 Å². The minimum Gasteiger partial charge on any atom is -0.315 e. The monoisotopic (exact) mass is 370 g/mol. The molecule has 0 saturated carbocycles. The molecule has 136 valence electrons. The number of likely N-dealkylation sites (tertiary alicyclic amines) is 1. The average Bonchev–Trinajstić information content (AvgIpc) is 3.27. The summed E-state index contributed by atoms with van der Waals surface area (Å²) in [5.74, 6) is 1.39. The van der Waals surface area contributed by atoms with E-state index in [-0.39, 0.29) is 0 Å². The zero-order valence-corrected chi connectivity index (χ0v) is 15.6. The normalized spacial score (nSPS) is 18.1. The molecule has 1 aliphatic rings. The highest BCUT2D eigenvalue weighted by atomic mass is 32.1. The Hall–Kier alpha value is -2.39. The van der Waals surface area contributed by atoms with E-state index in [1.807, 2.05) is 24.0 Å². The first kappa shape index (κ1) is 17.0. The highest BCUT2D eigenvalue weighted by molar-refractivity contribution is 7.13.